The van der Waals surface area contributed by atoms with Gasteiger partial charge in [0.15, 0.2) is 0 Å². The Morgan fingerprint density at radius 3 is 2.75 bits per heavy atom. The van der Waals surface area contributed by atoms with Crippen molar-refractivity contribution in [2.24, 2.45) is 5.73 Å². The lowest BCUT2D eigenvalue weighted by atomic mass is 10.1. The molecule has 1 unspecified atom stereocenters. The van der Waals surface area contributed by atoms with Crippen LogP contribution in [0.1, 0.15) is 30.5 Å². The van der Waals surface area contributed by atoms with Gasteiger partial charge in [-0.1, -0.05) is 6.92 Å². The summed E-state index contributed by atoms with van der Waals surface area (Å²) in [5, 5.41) is 0. The van der Waals surface area contributed by atoms with Gasteiger partial charge in [0.25, 0.3) is 0 Å². The molecule has 0 aliphatic carbocycles. The summed E-state index contributed by atoms with van der Waals surface area (Å²) in [4.78, 5) is 4.05. The number of hydrogen-bond acceptors (Lipinski definition) is 3. The lowest BCUT2D eigenvalue weighted by molar-refractivity contribution is 0.695. The fourth-order valence-electron chi connectivity index (χ4n) is 1.05. The first-order valence-electron chi connectivity index (χ1n) is 4.12. The van der Waals surface area contributed by atoms with Gasteiger partial charge in [-0.15, -0.1) is 0 Å². The van der Waals surface area contributed by atoms with Crippen LogP contribution in [0.2, 0.25) is 0 Å². The fraction of sp³-hybridized carbons (Fsp3) is 0.444. The molecule has 0 aliphatic heterocycles. The molecule has 3 nitrogen and oxygen atoms in total. The Bertz CT molecular complexity index is 270. The molecule has 0 saturated heterocycles. The third-order valence-electron chi connectivity index (χ3n) is 2.01. The van der Waals surface area contributed by atoms with Crippen molar-refractivity contribution in [3.05, 3.63) is 23.4 Å². The van der Waals surface area contributed by atoms with Gasteiger partial charge in [-0.05, 0) is 30.5 Å². The van der Waals surface area contributed by atoms with Crippen molar-refractivity contribution in [2.75, 3.05) is 5.73 Å². The van der Waals surface area contributed by atoms with Crippen molar-refractivity contribution in [2.45, 2.75) is 26.3 Å². The predicted octanol–water partition coefficient (Wildman–Crippen LogP) is 1.38. The molecular formula is C9H15N3. The summed E-state index contributed by atoms with van der Waals surface area (Å²) < 4.78 is 0. The predicted molar refractivity (Wildman–Crippen MR) is 50.6 cm³/mol. The minimum absolute atomic E-state index is 0.0804. The van der Waals surface area contributed by atoms with Crippen molar-refractivity contribution in [1.29, 1.82) is 0 Å². The minimum Gasteiger partial charge on any atom is -0.383 e. The molecule has 3 heteroatoms. The molecule has 0 amide bonds. The van der Waals surface area contributed by atoms with E-state index in [1.165, 1.54) is 0 Å². The van der Waals surface area contributed by atoms with E-state index in [-0.39, 0.29) is 6.04 Å². The first-order valence-corrected chi connectivity index (χ1v) is 4.12. The molecule has 4 N–H and O–H groups in total. The van der Waals surface area contributed by atoms with E-state index >= 15 is 0 Å². The van der Waals surface area contributed by atoms with Crippen molar-refractivity contribution >= 4 is 5.82 Å². The van der Waals surface area contributed by atoms with Crippen LogP contribution >= 0.6 is 0 Å². The topological polar surface area (TPSA) is 64.9 Å². The lowest BCUT2D eigenvalue weighted by Crippen LogP contribution is -2.09. The number of aromatic nitrogens is 1. The summed E-state index contributed by atoms with van der Waals surface area (Å²) in [6, 6.07) is 2.08. The van der Waals surface area contributed by atoms with Crippen molar-refractivity contribution in [3.8, 4) is 0 Å². The van der Waals surface area contributed by atoms with Crippen molar-refractivity contribution in [1.82, 2.24) is 4.98 Å². The van der Waals surface area contributed by atoms with E-state index in [0.29, 0.717) is 5.82 Å². The molecule has 0 spiro atoms. The van der Waals surface area contributed by atoms with Gasteiger partial charge in [0, 0.05) is 12.2 Å². The van der Waals surface area contributed by atoms with Crippen molar-refractivity contribution < 1.29 is 0 Å². The highest BCUT2D eigenvalue weighted by molar-refractivity contribution is 5.40. The zero-order valence-corrected chi connectivity index (χ0v) is 7.54. The molecule has 0 saturated carbocycles. The maximum absolute atomic E-state index is 5.83. The van der Waals surface area contributed by atoms with E-state index in [0.717, 1.165) is 17.5 Å². The number of hydrogen-bond donors (Lipinski definition) is 2. The van der Waals surface area contributed by atoms with Crippen LogP contribution in [0.25, 0.3) is 0 Å². The Morgan fingerprint density at radius 2 is 2.25 bits per heavy atom. The van der Waals surface area contributed by atoms with E-state index in [4.69, 9.17) is 11.5 Å². The molecular weight excluding hydrogens is 150 g/mol. The Labute approximate surface area is 72.8 Å². The zero-order chi connectivity index (χ0) is 9.14. The van der Waals surface area contributed by atoms with E-state index in [2.05, 4.69) is 11.9 Å². The third kappa shape index (κ3) is 1.74. The first-order chi connectivity index (χ1) is 5.65. The molecule has 0 aromatic carbocycles. The highest BCUT2D eigenvalue weighted by Crippen LogP contribution is 2.16. The van der Waals surface area contributed by atoms with Crippen LogP contribution in [-0.2, 0) is 0 Å². The molecule has 0 fully saturated rings. The van der Waals surface area contributed by atoms with Crippen LogP contribution in [0.3, 0.4) is 0 Å². The number of nitrogen functional groups attached to an aromatic ring is 1. The van der Waals surface area contributed by atoms with Crippen LogP contribution in [0.15, 0.2) is 12.3 Å². The number of nitrogens with zero attached hydrogens (tertiary/aromatic N) is 1. The second-order valence-corrected chi connectivity index (χ2v) is 2.99. The highest BCUT2D eigenvalue weighted by atomic mass is 14.8. The summed E-state index contributed by atoms with van der Waals surface area (Å²) in [6.45, 7) is 3.99. The van der Waals surface area contributed by atoms with Crippen LogP contribution < -0.4 is 11.5 Å². The SMILES string of the molecule is CCC(N)c1cnc(N)c(C)c1. The summed E-state index contributed by atoms with van der Waals surface area (Å²) in [6.07, 6.45) is 2.67. The normalized spacial score (nSPS) is 12.9. The van der Waals surface area contributed by atoms with Gasteiger partial charge in [-0.2, -0.15) is 0 Å². The van der Waals surface area contributed by atoms with Crippen LogP contribution in [-0.4, -0.2) is 4.98 Å². The second-order valence-electron chi connectivity index (χ2n) is 2.99. The molecule has 0 aliphatic rings. The first kappa shape index (κ1) is 9.00. The van der Waals surface area contributed by atoms with Crippen molar-refractivity contribution in [3.63, 3.8) is 0 Å². The average Bonchev–Trinajstić information content (AvgIpc) is 2.08. The maximum Gasteiger partial charge on any atom is 0.126 e. The Morgan fingerprint density at radius 1 is 1.58 bits per heavy atom. The molecule has 1 heterocycles. The van der Waals surface area contributed by atoms with Gasteiger partial charge in [-0.25, -0.2) is 4.98 Å². The van der Waals surface area contributed by atoms with Gasteiger partial charge in [0.1, 0.15) is 5.82 Å². The molecule has 0 bridgehead atoms. The van der Waals surface area contributed by atoms with E-state index in [1.54, 1.807) is 6.20 Å². The monoisotopic (exact) mass is 165 g/mol. The molecule has 66 valence electrons. The average molecular weight is 165 g/mol. The van der Waals surface area contributed by atoms with Gasteiger partial charge in [-0.3, -0.25) is 0 Å². The molecule has 1 aromatic rings. The second kappa shape index (κ2) is 3.54. The number of rotatable bonds is 2. The fourth-order valence-corrected chi connectivity index (χ4v) is 1.05. The molecule has 0 radical (unpaired) electrons. The van der Waals surface area contributed by atoms with Crippen LogP contribution in [0, 0.1) is 6.92 Å². The zero-order valence-electron chi connectivity index (χ0n) is 7.54. The summed E-state index contributed by atoms with van der Waals surface area (Å²) in [5.41, 5.74) is 13.5. The Kier molecular flexibility index (Phi) is 2.65. The molecule has 12 heavy (non-hydrogen) atoms. The Hall–Kier alpha value is -1.09. The minimum atomic E-state index is 0.0804. The van der Waals surface area contributed by atoms with Gasteiger partial charge >= 0.3 is 0 Å². The number of pyridine rings is 1. The smallest absolute Gasteiger partial charge is 0.126 e. The molecule has 1 aromatic heterocycles. The van der Waals surface area contributed by atoms with Gasteiger partial charge in [0.2, 0.25) is 0 Å². The highest BCUT2D eigenvalue weighted by Gasteiger charge is 2.04. The van der Waals surface area contributed by atoms with E-state index < -0.39 is 0 Å². The largest absolute Gasteiger partial charge is 0.383 e. The standard InChI is InChI=1S/C9H15N3/c1-3-8(10)7-4-6(2)9(11)12-5-7/h4-5,8H,3,10H2,1-2H3,(H2,11,12). The number of anilines is 1. The number of aryl methyl sites for hydroxylation is 1. The third-order valence-corrected chi connectivity index (χ3v) is 2.01. The van der Waals surface area contributed by atoms with Gasteiger partial charge in [0.05, 0.1) is 0 Å². The lowest BCUT2D eigenvalue weighted by Gasteiger charge is -2.09. The summed E-state index contributed by atoms with van der Waals surface area (Å²) >= 11 is 0. The summed E-state index contributed by atoms with van der Waals surface area (Å²) in [5.74, 6) is 0.585. The molecule has 1 rings (SSSR count). The van der Waals surface area contributed by atoms with E-state index in [9.17, 15) is 0 Å². The maximum atomic E-state index is 5.83. The van der Waals surface area contributed by atoms with Gasteiger partial charge < -0.3 is 11.5 Å². The number of nitrogens with two attached hydrogens (primary N) is 2. The molecule has 1 atom stereocenters. The quantitative estimate of drug-likeness (QED) is 0.695. The van der Waals surface area contributed by atoms with Crippen LogP contribution in [0.4, 0.5) is 5.82 Å². The summed E-state index contributed by atoms with van der Waals surface area (Å²) in [7, 11) is 0. The Balaban J connectivity index is 2.96. The van der Waals surface area contributed by atoms with E-state index in [1.807, 2.05) is 13.0 Å². The van der Waals surface area contributed by atoms with Crippen LogP contribution in [0.5, 0.6) is 0 Å².